The summed E-state index contributed by atoms with van der Waals surface area (Å²) in [4.78, 5) is -0.324. The fourth-order valence-electron chi connectivity index (χ4n) is 1.41. The maximum atomic E-state index is 10.7. The second-order valence-electron chi connectivity index (χ2n) is 2.81. The van der Waals surface area contributed by atoms with E-state index in [-0.39, 0.29) is 4.94 Å². The van der Waals surface area contributed by atoms with Gasteiger partial charge < -0.3 is 0 Å². The summed E-state index contributed by atoms with van der Waals surface area (Å²) in [5.74, 6) is 0. The first-order valence-corrected chi connectivity index (χ1v) is 6.37. The Morgan fingerprint density at radius 1 is 1.33 bits per heavy atom. The fourth-order valence-corrected chi connectivity index (χ4v) is 2.64. The van der Waals surface area contributed by atoms with Crippen LogP contribution in [0.25, 0.3) is 0 Å². The van der Waals surface area contributed by atoms with Gasteiger partial charge in [0.25, 0.3) is 0 Å². The van der Waals surface area contributed by atoms with E-state index in [4.69, 9.17) is 0 Å². The predicted octanol–water partition coefficient (Wildman–Crippen LogP) is 0.644. The third-order valence-electron chi connectivity index (χ3n) is 2.01. The van der Waals surface area contributed by atoms with Gasteiger partial charge in [-0.15, -0.1) is 0 Å². The van der Waals surface area contributed by atoms with E-state index in [9.17, 15) is 7.67 Å². The van der Waals surface area contributed by atoms with Crippen LogP contribution in [0.15, 0.2) is 24.3 Å². The van der Waals surface area contributed by atoms with Crippen LogP contribution in [0.5, 0.6) is 0 Å². The van der Waals surface area contributed by atoms with Crippen LogP contribution in [-0.2, 0) is 14.1 Å². The Bertz CT molecular complexity index is 340. The van der Waals surface area contributed by atoms with Crippen LogP contribution < -0.4 is 5.32 Å². The van der Waals surface area contributed by atoms with Gasteiger partial charge in [0, 0.05) is 0 Å². The molecule has 0 aromatic heterocycles. The number of hydrogen-bond donors (Lipinski definition) is 1. The Labute approximate surface area is 74.1 Å². The van der Waals surface area contributed by atoms with Gasteiger partial charge in [0.15, 0.2) is 0 Å². The maximum absolute atomic E-state index is 10.7. The summed E-state index contributed by atoms with van der Waals surface area (Å²) in [6, 6.07) is 7.70. The van der Waals surface area contributed by atoms with Crippen molar-refractivity contribution in [2.75, 3.05) is 5.32 Å². The first-order valence-electron chi connectivity index (χ1n) is 3.75. The monoisotopic (exact) mass is 231 g/mol. The van der Waals surface area contributed by atoms with Gasteiger partial charge in [-0.3, -0.25) is 0 Å². The van der Waals surface area contributed by atoms with Crippen LogP contribution >= 0.6 is 0 Å². The minimum absolute atomic E-state index is 0.324. The van der Waals surface area contributed by atoms with Crippen molar-refractivity contribution in [3.63, 3.8) is 0 Å². The summed E-state index contributed by atoms with van der Waals surface area (Å²) >= 11 is -3.08. The normalized spacial score (nSPS) is 20.6. The summed E-state index contributed by atoms with van der Waals surface area (Å²) in [6.45, 7) is 0. The van der Waals surface area contributed by atoms with Crippen LogP contribution in [-0.4, -0.2) is 18.7 Å². The second-order valence-corrected chi connectivity index (χ2v) is 5.31. The standard InChI is InChI=1S/C8H9NO2Se/c10-12(11)8-5-6-3-1-2-4-7(6)9-8/h1-4,8-9,12H,5H2. The molecular weight excluding hydrogens is 221 g/mol. The van der Waals surface area contributed by atoms with E-state index >= 15 is 0 Å². The van der Waals surface area contributed by atoms with E-state index in [1.54, 1.807) is 0 Å². The molecule has 0 amide bonds. The Morgan fingerprint density at radius 2 is 2.08 bits per heavy atom. The van der Waals surface area contributed by atoms with Crippen molar-refractivity contribution in [1.82, 2.24) is 0 Å². The minimum atomic E-state index is -3.08. The summed E-state index contributed by atoms with van der Waals surface area (Å²) in [6.07, 6.45) is 0.628. The zero-order valence-corrected chi connectivity index (χ0v) is 8.23. The van der Waals surface area contributed by atoms with Gasteiger partial charge in [-0.2, -0.15) is 0 Å². The van der Waals surface area contributed by atoms with Crippen molar-refractivity contribution in [3.05, 3.63) is 29.8 Å². The van der Waals surface area contributed by atoms with Crippen LogP contribution in [0, 0.1) is 0 Å². The van der Waals surface area contributed by atoms with Crippen molar-refractivity contribution in [3.8, 4) is 0 Å². The number of para-hydroxylation sites is 1. The van der Waals surface area contributed by atoms with E-state index in [2.05, 4.69) is 5.32 Å². The van der Waals surface area contributed by atoms with Crippen LogP contribution in [0.4, 0.5) is 5.69 Å². The molecule has 1 aliphatic rings. The molecule has 2 rings (SSSR count). The molecule has 1 unspecified atom stereocenters. The molecule has 1 aromatic carbocycles. The Hall–Kier alpha value is -0.861. The van der Waals surface area contributed by atoms with Crippen molar-refractivity contribution in [2.24, 2.45) is 0 Å². The molecule has 1 heterocycles. The topological polar surface area (TPSA) is 46.2 Å². The molecule has 64 valence electrons. The van der Waals surface area contributed by atoms with Crippen LogP contribution in [0.3, 0.4) is 0 Å². The molecule has 0 fully saturated rings. The summed E-state index contributed by atoms with van der Waals surface area (Å²) < 4.78 is 21.5. The van der Waals surface area contributed by atoms with Crippen LogP contribution in [0.2, 0.25) is 0 Å². The third kappa shape index (κ3) is 1.24. The molecule has 0 bridgehead atoms. The molecular formula is C8H9NO2Se. The molecule has 1 atom stereocenters. The quantitative estimate of drug-likeness (QED) is 0.720. The average Bonchev–Trinajstić information content (AvgIpc) is 2.46. The van der Waals surface area contributed by atoms with E-state index < -0.39 is 13.8 Å². The summed E-state index contributed by atoms with van der Waals surface area (Å²) in [5, 5.41) is 2.97. The van der Waals surface area contributed by atoms with Crippen molar-refractivity contribution in [2.45, 2.75) is 11.4 Å². The number of nitrogens with one attached hydrogen (secondary N) is 1. The summed E-state index contributed by atoms with van der Waals surface area (Å²) in [5.41, 5.74) is 2.07. The molecule has 1 aromatic rings. The third-order valence-corrected chi connectivity index (χ3v) is 3.73. The van der Waals surface area contributed by atoms with Crippen molar-refractivity contribution >= 4 is 19.5 Å². The molecule has 12 heavy (non-hydrogen) atoms. The molecule has 4 heteroatoms. The molecule has 1 N–H and O–H groups in total. The van der Waals surface area contributed by atoms with Gasteiger partial charge in [-0.25, -0.2) is 0 Å². The van der Waals surface area contributed by atoms with Gasteiger partial charge in [-0.1, -0.05) is 0 Å². The molecule has 0 aliphatic carbocycles. The molecule has 0 saturated heterocycles. The number of benzene rings is 1. The molecule has 0 spiro atoms. The number of fused-ring (bicyclic) bond motifs is 1. The fraction of sp³-hybridized carbons (Fsp3) is 0.250. The second kappa shape index (κ2) is 2.88. The number of anilines is 1. The van der Waals surface area contributed by atoms with E-state index in [1.165, 1.54) is 0 Å². The molecule has 1 aliphatic heterocycles. The number of hydrogen-bond acceptors (Lipinski definition) is 3. The van der Waals surface area contributed by atoms with E-state index in [0.717, 1.165) is 11.3 Å². The summed E-state index contributed by atoms with van der Waals surface area (Å²) in [7, 11) is 0. The number of rotatable bonds is 1. The molecule has 0 radical (unpaired) electrons. The first kappa shape index (κ1) is 7.77. The van der Waals surface area contributed by atoms with E-state index in [0.29, 0.717) is 6.42 Å². The Morgan fingerprint density at radius 3 is 2.75 bits per heavy atom. The van der Waals surface area contributed by atoms with Gasteiger partial charge in [-0.05, 0) is 0 Å². The zero-order valence-electron chi connectivity index (χ0n) is 6.36. The van der Waals surface area contributed by atoms with Gasteiger partial charge in [0.1, 0.15) is 0 Å². The van der Waals surface area contributed by atoms with Gasteiger partial charge in [0.05, 0.1) is 0 Å². The SMILES string of the molecule is O=[SeH](=O)C1Cc2ccccc2N1. The molecule has 0 saturated carbocycles. The van der Waals surface area contributed by atoms with Crippen LogP contribution in [0.1, 0.15) is 5.56 Å². The Kier molecular flexibility index (Phi) is 1.87. The predicted molar refractivity (Wildman–Crippen MR) is 46.1 cm³/mol. The zero-order chi connectivity index (χ0) is 8.55. The molecule has 3 nitrogen and oxygen atoms in total. The average molecular weight is 230 g/mol. The first-order chi connectivity index (χ1) is 5.77. The van der Waals surface area contributed by atoms with Gasteiger partial charge >= 0.3 is 73.6 Å². The van der Waals surface area contributed by atoms with Crippen molar-refractivity contribution < 1.29 is 7.67 Å². The van der Waals surface area contributed by atoms with Gasteiger partial charge in [0.2, 0.25) is 0 Å². The van der Waals surface area contributed by atoms with Crippen molar-refractivity contribution in [1.29, 1.82) is 0 Å². The van der Waals surface area contributed by atoms with E-state index in [1.807, 2.05) is 24.3 Å². The Balaban J connectivity index is 2.33.